The summed E-state index contributed by atoms with van der Waals surface area (Å²) in [7, 11) is 0. The molecule has 0 fully saturated rings. The Morgan fingerprint density at radius 2 is 1.00 bits per heavy atom. The van der Waals surface area contributed by atoms with E-state index in [2.05, 4.69) is 144 Å². The van der Waals surface area contributed by atoms with Gasteiger partial charge in [0.05, 0.1) is 16.7 Å². The van der Waals surface area contributed by atoms with Gasteiger partial charge in [0.2, 0.25) is 0 Å². The number of para-hydroxylation sites is 2. The number of thiophene rings is 1. The van der Waals surface area contributed by atoms with E-state index in [9.17, 15) is 0 Å². The summed E-state index contributed by atoms with van der Waals surface area (Å²) in [5, 5.41) is 4.92. The maximum Gasteiger partial charge on any atom is 0.182 e. The molecule has 56 heavy (non-hydrogen) atoms. The van der Waals surface area contributed by atoms with Crippen molar-refractivity contribution >= 4 is 53.3 Å². The molecular weight excluding hydrogens is 703 g/mol. The van der Waals surface area contributed by atoms with Crippen molar-refractivity contribution in [3.63, 3.8) is 0 Å². The van der Waals surface area contributed by atoms with Gasteiger partial charge in [-0.3, -0.25) is 4.98 Å². The molecule has 0 bridgehead atoms. The Morgan fingerprint density at radius 1 is 0.393 bits per heavy atom. The van der Waals surface area contributed by atoms with E-state index in [4.69, 9.17) is 19.9 Å². The van der Waals surface area contributed by atoms with Gasteiger partial charge in [-0.05, 0) is 47.5 Å². The van der Waals surface area contributed by atoms with Crippen molar-refractivity contribution in [3.05, 3.63) is 188 Å². The number of hydrogen-bond acceptors (Lipinski definition) is 5. The Morgan fingerprint density at radius 3 is 1.73 bits per heavy atom. The summed E-state index contributed by atoms with van der Waals surface area (Å²) in [6, 6.07) is 63.6. The van der Waals surface area contributed by atoms with Gasteiger partial charge in [-0.1, -0.05) is 146 Å². The molecule has 0 atom stereocenters. The van der Waals surface area contributed by atoms with Crippen LogP contribution in [0.4, 0.5) is 0 Å². The van der Waals surface area contributed by atoms with Crippen LogP contribution in [0.3, 0.4) is 0 Å². The molecule has 0 radical (unpaired) electrons. The van der Waals surface area contributed by atoms with Crippen LogP contribution in [-0.2, 0) is 0 Å². The molecule has 0 aliphatic heterocycles. The van der Waals surface area contributed by atoms with Crippen molar-refractivity contribution in [3.8, 4) is 62.2 Å². The third-order valence-corrected chi connectivity index (χ3v) is 11.8. The molecule has 11 aromatic rings. The Hall–Kier alpha value is -7.28. The van der Waals surface area contributed by atoms with E-state index < -0.39 is 0 Å². The molecule has 0 spiro atoms. The van der Waals surface area contributed by atoms with Crippen LogP contribution < -0.4 is 0 Å². The average molecular weight is 734 g/mol. The first-order valence-corrected chi connectivity index (χ1v) is 19.5. The smallest absolute Gasteiger partial charge is 0.182 e. The Balaban J connectivity index is 1.11. The predicted molar refractivity (Wildman–Crippen MR) is 232 cm³/mol. The molecule has 6 heteroatoms. The number of benzene rings is 7. The summed E-state index contributed by atoms with van der Waals surface area (Å²) in [6.07, 6.45) is 1.94. The van der Waals surface area contributed by atoms with Crippen molar-refractivity contribution < 1.29 is 0 Å². The quantitative estimate of drug-likeness (QED) is 0.171. The minimum Gasteiger partial charge on any atom is -0.308 e. The highest BCUT2D eigenvalue weighted by Crippen LogP contribution is 2.41. The third-order valence-electron chi connectivity index (χ3n) is 10.5. The molecule has 0 aliphatic carbocycles. The molecule has 5 nitrogen and oxygen atoms in total. The molecule has 0 N–H and O–H groups in total. The van der Waals surface area contributed by atoms with E-state index in [-0.39, 0.29) is 0 Å². The molecule has 0 aliphatic rings. The Labute approximate surface area is 326 Å². The lowest BCUT2D eigenvalue weighted by atomic mass is 10.0. The van der Waals surface area contributed by atoms with E-state index in [1.54, 1.807) is 0 Å². The Kier molecular flexibility index (Phi) is 7.60. The van der Waals surface area contributed by atoms with Gasteiger partial charge in [0, 0.05) is 59.4 Å². The van der Waals surface area contributed by atoms with Crippen LogP contribution in [0.15, 0.2) is 188 Å². The number of fused-ring (bicyclic) bond motifs is 6. The molecular formula is C50H31N5S. The van der Waals surface area contributed by atoms with Crippen LogP contribution in [0.25, 0.3) is 104 Å². The first kappa shape index (κ1) is 32.2. The lowest BCUT2D eigenvalue weighted by Gasteiger charge is -2.16. The van der Waals surface area contributed by atoms with Gasteiger partial charge >= 0.3 is 0 Å². The van der Waals surface area contributed by atoms with Crippen LogP contribution in [0, 0.1) is 0 Å². The zero-order chi connectivity index (χ0) is 37.0. The molecule has 0 amide bonds. The first-order chi connectivity index (χ1) is 27.8. The summed E-state index contributed by atoms with van der Waals surface area (Å²) in [5.41, 5.74) is 10.2. The molecule has 4 heterocycles. The van der Waals surface area contributed by atoms with Gasteiger partial charge < -0.3 is 4.57 Å². The van der Waals surface area contributed by atoms with Crippen LogP contribution in [0.1, 0.15) is 0 Å². The number of aromatic nitrogens is 5. The second-order valence-electron chi connectivity index (χ2n) is 13.9. The summed E-state index contributed by atoms with van der Waals surface area (Å²) in [4.78, 5) is 20.5. The molecule has 0 unspecified atom stereocenters. The fourth-order valence-electron chi connectivity index (χ4n) is 7.89. The summed E-state index contributed by atoms with van der Waals surface area (Å²) in [5.74, 6) is 1.68. The van der Waals surface area contributed by atoms with E-state index in [1.807, 2.05) is 60.0 Å². The largest absolute Gasteiger partial charge is 0.308 e. The van der Waals surface area contributed by atoms with Gasteiger partial charge in [-0.25, -0.2) is 15.0 Å². The van der Waals surface area contributed by atoms with E-state index in [1.165, 1.54) is 36.5 Å². The highest BCUT2D eigenvalue weighted by Gasteiger charge is 2.21. The van der Waals surface area contributed by atoms with Crippen LogP contribution in [0.2, 0.25) is 0 Å². The topological polar surface area (TPSA) is 56.5 Å². The molecule has 0 saturated carbocycles. The molecule has 4 aromatic heterocycles. The normalized spacial score (nSPS) is 11.6. The van der Waals surface area contributed by atoms with Crippen molar-refractivity contribution in [2.75, 3.05) is 0 Å². The monoisotopic (exact) mass is 733 g/mol. The summed E-state index contributed by atoms with van der Waals surface area (Å²) >= 11 is 1.82. The number of pyridine rings is 1. The average Bonchev–Trinajstić information content (AvgIpc) is 3.83. The zero-order valence-corrected chi connectivity index (χ0v) is 30.9. The van der Waals surface area contributed by atoms with Gasteiger partial charge in [0.1, 0.15) is 5.69 Å². The van der Waals surface area contributed by atoms with E-state index in [0.29, 0.717) is 23.2 Å². The van der Waals surface area contributed by atoms with Crippen molar-refractivity contribution in [1.82, 2.24) is 24.5 Å². The second kappa shape index (κ2) is 13.2. The summed E-state index contributed by atoms with van der Waals surface area (Å²) < 4.78 is 4.89. The molecule has 7 aromatic carbocycles. The van der Waals surface area contributed by atoms with Gasteiger partial charge in [-0.2, -0.15) is 0 Å². The van der Waals surface area contributed by atoms with Gasteiger partial charge in [0.15, 0.2) is 17.5 Å². The lowest BCUT2D eigenvalue weighted by Crippen LogP contribution is -2.04. The number of rotatable bonds is 6. The highest BCUT2D eigenvalue weighted by molar-refractivity contribution is 7.26. The van der Waals surface area contributed by atoms with Gasteiger partial charge in [-0.15, -0.1) is 11.3 Å². The van der Waals surface area contributed by atoms with Crippen molar-refractivity contribution in [2.45, 2.75) is 0 Å². The molecule has 262 valence electrons. The fourth-order valence-corrected chi connectivity index (χ4v) is 9.12. The second-order valence-corrected chi connectivity index (χ2v) is 14.9. The predicted octanol–water partition coefficient (Wildman–Crippen LogP) is 13.1. The number of nitrogens with zero attached hydrogens (tertiary/aromatic N) is 5. The minimum atomic E-state index is 0.515. The minimum absolute atomic E-state index is 0.515. The first-order valence-electron chi connectivity index (χ1n) is 18.6. The highest BCUT2D eigenvalue weighted by atomic mass is 32.1. The molecule has 0 saturated heterocycles. The van der Waals surface area contributed by atoms with Gasteiger partial charge in [0.25, 0.3) is 0 Å². The lowest BCUT2D eigenvalue weighted by molar-refractivity contribution is 1.05. The number of hydrogen-bond donors (Lipinski definition) is 0. The van der Waals surface area contributed by atoms with Crippen LogP contribution in [-0.4, -0.2) is 24.5 Å². The maximum absolute atomic E-state index is 5.22. The van der Waals surface area contributed by atoms with E-state index >= 15 is 0 Å². The van der Waals surface area contributed by atoms with Crippen molar-refractivity contribution in [2.24, 2.45) is 0 Å². The third kappa shape index (κ3) is 5.38. The van der Waals surface area contributed by atoms with Crippen molar-refractivity contribution in [1.29, 1.82) is 0 Å². The van der Waals surface area contributed by atoms with Crippen LogP contribution in [0.5, 0.6) is 0 Å². The maximum atomic E-state index is 5.22. The summed E-state index contributed by atoms with van der Waals surface area (Å²) in [6.45, 7) is 0. The van der Waals surface area contributed by atoms with Crippen LogP contribution >= 0.6 is 11.3 Å². The van der Waals surface area contributed by atoms with E-state index in [0.717, 1.165) is 44.5 Å². The molecule has 11 rings (SSSR count). The SMILES string of the molecule is c1ccc(-c2ccc(-c3nc(-c4ccccc4)nc(-c4ccc(-c5cccc6c5sc5ccccc56)cn4)n3)c(-n3c4ccccc4c4ccccc43)c2)cc1. The fraction of sp³-hybridized carbons (Fsp3) is 0. The standard InChI is InChI=1S/C50H31N5S/c1-3-14-32(15-4-1)34-26-28-41(45(30-34)55-43-23-10-7-18-37(43)38-19-8-11-24-44(38)55)49-52-48(33-16-5-2-6-17-33)53-50(54-49)42-29-27-35(31-51-42)36-21-13-22-40-39-20-9-12-25-46(39)56-47(36)40/h1-31H. The Bertz CT molecular complexity index is 3190. The zero-order valence-electron chi connectivity index (χ0n) is 30.0.